The van der Waals surface area contributed by atoms with Crippen LogP contribution >= 0.6 is 0 Å². The number of nitrogens with zero attached hydrogens (tertiary/aromatic N) is 6. The Morgan fingerprint density at radius 1 is 1.16 bits per heavy atom. The summed E-state index contributed by atoms with van der Waals surface area (Å²) in [4.78, 5) is 34.5. The molecule has 13 heteroatoms. The van der Waals surface area contributed by atoms with Crippen molar-refractivity contribution >= 4 is 23.0 Å². The second kappa shape index (κ2) is 9.99. The van der Waals surface area contributed by atoms with Crippen molar-refractivity contribution in [2.45, 2.75) is 38.5 Å². The first-order valence-corrected chi connectivity index (χ1v) is 11.6. The molecule has 192 valence electrons. The number of para-hydroxylation sites is 1. The molecule has 2 bridgehead atoms. The van der Waals surface area contributed by atoms with Gasteiger partial charge in [0.25, 0.3) is 5.91 Å². The van der Waals surface area contributed by atoms with E-state index in [1.165, 1.54) is 0 Å². The summed E-state index contributed by atoms with van der Waals surface area (Å²) < 4.78 is 46.8. The molecule has 37 heavy (non-hydrogen) atoms. The highest BCUT2D eigenvalue weighted by Gasteiger charge is 2.30. The molecular formula is C24H23F3N8O2. The van der Waals surface area contributed by atoms with Crippen molar-refractivity contribution in [3.05, 3.63) is 54.4 Å². The molecule has 1 unspecified atom stereocenters. The van der Waals surface area contributed by atoms with Crippen LogP contribution in [0.4, 0.5) is 19.1 Å². The average Bonchev–Trinajstić information content (AvgIpc) is 3.25. The van der Waals surface area contributed by atoms with Gasteiger partial charge in [-0.05, 0) is 38.0 Å². The van der Waals surface area contributed by atoms with Crippen LogP contribution in [0.25, 0.3) is 22.4 Å². The Balaban J connectivity index is 1.70. The zero-order chi connectivity index (χ0) is 26.0. The minimum absolute atomic E-state index is 0.0353. The van der Waals surface area contributed by atoms with Crippen LogP contribution in [-0.2, 0) is 11.3 Å². The van der Waals surface area contributed by atoms with E-state index in [9.17, 15) is 18.0 Å². The van der Waals surface area contributed by atoms with E-state index >= 15 is 0 Å². The van der Waals surface area contributed by atoms with E-state index in [1.54, 1.807) is 36.5 Å². The zero-order valence-corrected chi connectivity index (χ0v) is 19.8. The molecule has 5 rings (SSSR count). The monoisotopic (exact) mass is 512 g/mol. The molecule has 0 radical (unpaired) electrons. The highest BCUT2D eigenvalue weighted by Crippen LogP contribution is 2.35. The van der Waals surface area contributed by atoms with Gasteiger partial charge in [0.05, 0.1) is 12.4 Å². The second-order valence-corrected chi connectivity index (χ2v) is 8.59. The van der Waals surface area contributed by atoms with Gasteiger partial charge in [-0.3, -0.25) is 4.79 Å². The fourth-order valence-corrected chi connectivity index (χ4v) is 4.07. The van der Waals surface area contributed by atoms with Crippen LogP contribution < -0.4 is 15.4 Å². The van der Waals surface area contributed by atoms with Crippen LogP contribution in [0.3, 0.4) is 0 Å². The van der Waals surface area contributed by atoms with E-state index < -0.39 is 18.8 Å². The van der Waals surface area contributed by atoms with Gasteiger partial charge in [-0.2, -0.15) is 13.2 Å². The van der Waals surface area contributed by atoms with Crippen LogP contribution in [0, 0.1) is 6.92 Å². The number of anilines is 1. The minimum Gasteiger partial charge on any atom is -0.483 e. The third kappa shape index (κ3) is 5.60. The summed E-state index contributed by atoms with van der Waals surface area (Å²) in [6.45, 7) is 0.701. The average molecular weight is 512 g/mol. The summed E-state index contributed by atoms with van der Waals surface area (Å²) in [5.41, 5.74) is 1.74. The molecule has 0 spiro atoms. The van der Waals surface area contributed by atoms with Crippen molar-refractivity contribution in [1.29, 1.82) is 0 Å². The molecule has 0 saturated heterocycles. The first-order valence-electron chi connectivity index (χ1n) is 11.6. The number of benzene rings is 1. The molecule has 1 aromatic carbocycles. The lowest BCUT2D eigenvalue weighted by atomic mass is 10.1. The van der Waals surface area contributed by atoms with Crippen LogP contribution in [-0.4, -0.2) is 54.7 Å². The third-order valence-electron chi connectivity index (χ3n) is 5.73. The highest BCUT2D eigenvalue weighted by atomic mass is 19.4. The van der Waals surface area contributed by atoms with Gasteiger partial charge >= 0.3 is 6.18 Å². The van der Waals surface area contributed by atoms with Crippen LogP contribution in [0.1, 0.15) is 30.4 Å². The van der Waals surface area contributed by atoms with Crippen molar-refractivity contribution in [2.24, 2.45) is 0 Å². The van der Waals surface area contributed by atoms with Gasteiger partial charge in [-0.25, -0.2) is 24.9 Å². The Bertz CT molecular complexity index is 1440. The maximum absolute atomic E-state index is 13.3. The van der Waals surface area contributed by atoms with Gasteiger partial charge in [0, 0.05) is 24.0 Å². The number of alkyl halides is 3. The Labute approximate surface area is 209 Å². The first-order chi connectivity index (χ1) is 17.8. The largest absolute Gasteiger partial charge is 0.483 e. The van der Waals surface area contributed by atoms with Crippen LogP contribution in [0.5, 0.6) is 5.75 Å². The number of hydrogen-bond donors (Lipinski definition) is 2. The van der Waals surface area contributed by atoms with Gasteiger partial charge in [0.1, 0.15) is 23.5 Å². The van der Waals surface area contributed by atoms with Crippen molar-refractivity contribution in [2.75, 3.05) is 18.5 Å². The number of aryl methyl sites for hydroxylation is 1. The third-order valence-corrected chi connectivity index (χ3v) is 5.73. The molecule has 3 aromatic heterocycles. The van der Waals surface area contributed by atoms with Gasteiger partial charge in [0.15, 0.2) is 18.1 Å². The van der Waals surface area contributed by atoms with Crippen LogP contribution in [0.15, 0.2) is 42.9 Å². The maximum Gasteiger partial charge on any atom is 0.406 e. The Morgan fingerprint density at radius 3 is 2.81 bits per heavy atom. The summed E-state index contributed by atoms with van der Waals surface area (Å²) in [7, 11) is 0. The number of aromatic nitrogens is 6. The van der Waals surface area contributed by atoms with Crippen LogP contribution in [0.2, 0.25) is 0 Å². The number of rotatable bonds is 3. The molecule has 10 nitrogen and oxygen atoms in total. The van der Waals surface area contributed by atoms with Gasteiger partial charge in [-0.15, -0.1) is 0 Å². The van der Waals surface area contributed by atoms with Gasteiger partial charge < -0.3 is 19.9 Å². The molecule has 0 saturated carbocycles. The van der Waals surface area contributed by atoms with Gasteiger partial charge in [0.2, 0.25) is 5.95 Å². The first kappa shape index (κ1) is 24.4. The minimum atomic E-state index is -4.47. The van der Waals surface area contributed by atoms with E-state index in [-0.39, 0.29) is 29.5 Å². The summed E-state index contributed by atoms with van der Waals surface area (Å²) in [5, 5.41) is 6.02. The SMILES string of the molecule is Cc1ccnc(NC2CCCNC(=O)COc3ccccc3-c3nc2nc2c3ncn2CC(F)(F)F)n1. The predicted octanol–water partition coefficient (Wildman–Crippen LogP) is 3.60. The number of carbonyl (C=O) groups excluding carboxylic acids is 1. The molecular weight excluding hydrogens is 489 g/mol. The second-order valence-electron chi connectivity index (χ2n) is 8.59. The maximum atomic E-state index is 13.3. The molecule has 1 atom stereocenters. The number of hydrogen-bond acceptors (Lipinski definition) is 8. The van der Waals surface area contributed by atoms with E-state index in [0.29, 0.717) is 42.3 Å². The normalized spacial score (nSPS) is 16.5. The molecule has 0 fully saturated rings. The number of nitrogens with one attached hydrogen (secondary N) is 2. The van der Waals surface area contributed by atoms with Crippen molar-refractivity contribution in [3.8, 4) is 17.0 Å². The Hall–Kier alpha value is -4.29. The summed E-state index contributed by atoms with van der Waals surface area (Å²) in [6.07, 6.45) is -0.797. The standard InChI is InChI=1S/C24H23F3N8O2/c1-14-8-10-29-23(31-14)32-16-6-4-9-28-18(36)11-37-17-7-3-2-5-15(17)19-20-22(34-21(16)33-19)35(13-30-20)12-24(25,26)27/h2-3,5,7-8,10,13,16H,4,6,9,11-12H2,1H3,(H,28,36)(H,29,31,32). The number of fused-ring (bicyclic) bond motifs is 6. The topological polar surface area (TPSA) is 120 Å². The van der Waals surface area contributed by atoms with E-state index in [0.717, 1.165) is 16.6 Å². The van der Waals surface area contributed by atoms with Crippen molar-refractivity contribution < 1.29 is 22.7 Å². The predicted molar refractivity (Wildman–Crippen MR) is 128 cm³/mol. The van der Waals surface area contributed by atoms with E-state index in [2.05, 4.69) is 30.6 Å². The van der Waals surface area contributed by atoms with E-state index in [4.69, 9.17) is 9.72 Å². The summed E-state index contributed by atoms with van der Waals surface area (Å²) in [6, 6.07) is 8.04. The molecule has 0 aliphatic carbocycles. The lowest BCUT2D eigenvalue weighted by molar-refractivity contribution is -0.140. The number of halogens is 3. The molecule has 4 aromatic rings. The lowest BCUT2D eigenvalue weighted by Crippen LogP contribution is -2.30. The van der Waals surface area contributed by atoms with Crippen molar-refractivity contribution in [1.82, 2.24) is 34.8 Å². The summed E-state index contributed by atoms with van der Waals surface area (Å²) in [5.74, 6) is 0.630. The number of ether oxygens (including phenoxy) is 1. The number of imidazole rings is 1. The molecule has 4 heterocycles. The number of amides is 1. The molecule has 1 amide bonds. The van der Waals surface area contributed by atoms with Gasteiger partial charge in [-0.1, -0.05) is 12.1 Å². The Kier molecular flexibility index (Phi) is 6.59. The van der Waals surface area contributed by atoms with Crippen molar-refractivity contribution in [3.63, 3.8) is 0 Å². The zero-order valence-electron chi connectivity index (χ0n) is 19.8. The highest BCUT2D eigenvalue weighted by molar-refractivity contribution is 5.89. The lowest BCUT2D eigenvalue weighted by Gasteiger charge is -2.19. The molecule has 1 aliphatic heterocycles. The smallest absolute Gasteiger partial charge is 0.406 e. The molecule has 2 N–H and O–H groups in total. The number of carbonyl (C=O) groups is 1. The fourth-order valence-electron chi connectivity index (χ4n) is 4.07. The summed E-state index contributed by atoms with van der Waals surface area (Å²) >= 11 is 0. The van der Waals surface area contributed by atoms with E-state index in [1.807, 2.05) is 6.92 Å². The molecule has 1 aliphatic rings. The Morgan fingerprint density at radius 2 is 2.00 bits per heavy atom. The fraction of sp³-hybridized carbons (Fsp3) is 0.333. The quantitative estimate of drug-likeness (QED) is 0.427.